The van der Waals surface area contributed by atoms with E-state index in [1.165, 1.54) is 0 Å². The van der Waals surface area contributed by atoms with Gasteiger partial charge in [0.25, 0.3) is 0 Å². The molecule has 0 spiro atoms. The minimum Gasteiger partial charge on any atom is -1.00 e. The van der Waals surface area contributed by atoms with Crippen molar-refractivity contribution >= 4 is 0 Å². The van der Waals surface area contributed by atoms with E-state index in [4.69, 9.17) is 0 Å². The number of hydrogen-bond donors (Lipinski definition) is 0. The molecule has 2 aromatic rings. The third-order valence-electron chi connectivity index (χ3n) is 1.21. The Balaban J connectivity index is 0. The van der Waals surface area contributed by atoms with Gasteiger partial charge in [-0.3, -0.25) is 0 Å². The molecule has 2 aromatic heterocycles. The van der Waals surface area contributed by atoms with Gasteiger partial charge in [-0.05, 0) is 0 Å². The summed E-state index contributed by atoms with van der Waals surface area (Å²) in [7, 11) is 0. The highest BCUT2D eigenvalue weighted by atomic mass is 14.6. The van der Waals surface area contributed by atoms with E-state index in [2.05, 4.69) is 9.97 Å². The Bertz CT molecular complexity index is 192. The van der Waals surface area contributed by atoms with Gasteiger partial charge >= 0.3 is 0 Å². The SMILES string of the molecule is [H-].[H-].c1cc[nH+]cc1.c1cc[nH+]cc1. The van der Waals surface area contributed by atoms with Crippen LogP contribution in [0.5, 0.6) is 0 Å². The first-order valence-corrected chi connectivity index (χ1v) is 3.82. The minimum absolute atomic E-state index is 0. The standard InChI is InChI=1S/2C5H5N.2H/c2*1-2-4-6-5-3-1;;/h2*1-5H;;/q;;2*-1/p+2. The zero-order chi connectivity index (χ0) is 8.49. The number of aromatic nitrogens is 2. The number of aromatic amines is 2. The van der Waals surface area contributed by atoms with Crippen LogP contribution >= 0.6 is 0 Å². The zero-order valence-corrected chi connectivity index (χ0v) is 6.77. The summed E-state index contributed by atoms with van der Waals surface area (Å²) in [5.41, 5.74) is 0. The fraction of sp³-hybridized carbons (Fsp3) is 0. The lowest BCUT2D eigenvalue weighted by molar-refractivity contribution is -0.378. The van der Waals surface area contributed by atoms with E-state index in [0.717, 1.165) is 0 Å². The summed E-state index contributed by atoms with van der Waals surface area (Å²) >= 11 is 0. The number of pyridine rings is 2. The van der Waals surface area contributed by atoms with Gasteiger partial charge in [-0.25, -0.2) is 9.97 Å². The van der Waals surface area contributed by atoms with Crippen LogP contribution in [0, 0.1) is 0 Å². The van der Waals surface area contributed by atoms with Crippen LogP contribution in [0.4, 0.5) is 0 Å². The molecule has 0 aliphatic heterocycles. The highest BCUT2D eigenvalue weighted by molar-refractivity contribution is 4.83. The quantitative estimate of drug-likeness (QED) is 0.557. The van der Waals surface area contributed by atoms with Gasteiger partial charge in [-0.15, -0.1) is 0 Å². The molecule has 0 radical (unpaired) electrons. The first-order valence-electron chi connectivity index (χ1n) is 3.82. The van der Waals surface area contributed by atoms with Gasteiger partial charge in [0.1, 0.15) is 0 Å². The number of rotatable bonds is 0. The van der Waals surface area contributed by atoms with E-state index in [1.54, 1.807) is 0 Å². The van der Waals surface area contributed by atoms with E-state index < -0.39 is 0 Å². The second-order valence-corrected chi connectivity index (χ2v) is 2.15. The normalized spacial score (nSPS) is 8.00. The summed E-state index contributed by atoms with van der Waals surface area (Å²) < 4.78 is 0. The van der Waals surface area contributed by atoms with Crippen LogP contribution < -0.4 is 9.97 Å². The van der Waals surface area contributed by atoms with E-state index in [0.29, 0.717) is 0 Å². The predicted octanol–water partition coefficient (Wildman–Crippen LogP) is 1.23. The Labute approximate surface area is 74.9 Å². The first-order chi connectivity index (χ1) is 6.00. The van der Waals surface area contributed by atoms with E-state index in [1.807, 2.05) is 61.2 Å². The Hall–Kier alpha value is -1.70. The van der Waals surface area contributed by atoms with Gasteiger partial charge in [0, 0.05) is 24.3 Å². The van der Waals surface area contributed by atoms with Crippen LogP contribution in [0.3, 0.4) is 0 Å². The van der Waals surface area contributed by atoms with E-state index in [-0.39, 0.29) is 2.85 Å². The lowest BCUT2D eigenvalue weighted by atomic mass is 10.5. The molecule has 2 heteroatoms. The van der Waals surface area contributed by atoms with Crippen LogP contribution in [0.25, 0.3) is 0 Å². The molecule has 2 heterocycles. The maximum Gasteiger partial charge on any atom is 0.166 e. The van der Waals surface area contributed by atoms with Crippen LogP contribution in [-0.2, 0) is 0 Å². The van der Waals surface area contributed by atoms with Crippen LogP contribution in [-0.4, -0.2) is 0 Å². The Kier molecular flexibility index (Phi) is 4.23. The molecule has 0 aromatic carbocycles. The van der Waals surface area contributed by atoms with Gasteiger partial charge in [0.15, 0.2) is 24.8 Å². The molecule has 12 heavy (non-hydrogen) atoms. The summed E-state index contributed by atoms with van der Waals surface area (Å²) in [5, 5.41) is 0. The van der Waals surface area contributed by atoms with Crippen molar-refractivity contribution in [3.8, 4) is 0 Å². The van der Waals surface area contributed by atoms with Crippen molar-refractivity contribution < 1.29 is 12.8 Å². The lowest BCUT2D eigenvalue weighted by Gasteiger charge is -1.63. The molecule has 0 saturated heterocycles. The average molecular weight is 162 g/mol. The second-order valence-electron chi connectivity index (χ2n) is 2.15. The molecule has 0 amide bonds. The molecule has 2 nitrogen and oxygen atoms in total. The highest BCUT2D eigenvalue weighted by Gasteiger charge is 1.66. The monoisotopic (exact) mass is 162 g/mol. The second kappa shape index (κ2) is 6.04. The molecule has 0 aliphatic rings. The van der Waals surface area contributed by atoms with Gasteiger partial charge in [0.05, 0.1) is 0 Å². The smallest absolute Gasteiger partial charge is 0.166 e. The van der Waals surface area contributed by atoms with E-state index >= 15 is 0 Å². The van der Waals surface area contributed by atoms with Gasteiger partial charge in [-0.1, -0.05) is 12.1 Å². The Morgan fingerprint density at radius 1 is 0.500 bits per heavy atom. The van der Waals surface area contributed by atoms with Crippen LogP contribution in [0.15, 0.2) is 61.2 Å². The predicted molar refractivity (Wildman–Crippen MR) is 48.2 cm³/mol. The third kappa shape index (κ3) is 4.17. The highest BCUT2D eigenvalue weighted by Crippen LogP contribution is 1.68. The summed E-state index contributed by atoms with van der Waals surface area (Å²) in [6.07, 6.45) is 7.50. The molecular weight excluding hydrogens is 148 g/mol. The van der Waals surface area contributed by atoms with Crippen molar-refractivity contribution in [2.45, 2.75) is 0 Å². The maximum absolute atomic E-state index is 2.89. The largest absolute Gasteiger partial charge is 1.00 e. The fourth-order valence-electron chi connectivity index (χ4n) is 0.684. The molecule has 0 fully saturated rings. The van der Waals surface area contributed by atoms with Gasteiger partial charge in [0.2, 0.25) is 0 Å². The molecule has 0 aliphatic carbocycles. The summed E-state index contributed by atoms with van der Waals surface area (Å²) in [6.45, 7) is 0. The first kappa shape index (κ1) is 8.40. The van der Waals surface area contributed by atoms with Crippen molar-refractivity contribution in [1.29, 1.82) is 0 Å². The molecule has 0 saturated carbocycles. The molecule has 0 atom stereocenters. The van der Waals surface area contributed by atoms with Gasteiger partial charge < -0.3 is 2.85 Å². The number of hydrogen-bond acceptors (Lipinski definition) is 0. The molecular formula is C10H14N2. The van der Waals surface area contributed by atoms with Crippen molar-refractivity contribution in [3.63, 3.8) is 0 Å². The summed E-state index contributed by atoms with van der Waals surface area (Å²) in [4.78, 5) is 5.78. The minimum atomic E-state index is 0. The molecule has 2 N–H and O–H groups in total. The summed E-state index contributed by atoms with van der Waals surface area (Å²) in [5.74, 6) is 0. The third-order valence-corrected chi connectivity index (χ3v) is 1.21. The number of H-pyrrole nitrogens is 2. The van der Waals surface area contributed by atoms with Crippen LogP contribution in [0.1, 0.15) is 2.85 Å². The Morgan fingerprint density at radius 2 is 0.833 bits per heavy atom. The van der Waals surface area contributed by atoms with Crippen molar-refractivity contribution in [1.82, 2.24) is 0 Å². The van der Waals surface area contributed by atoms with Crippen molar-refractivity contribution in [2.24, 2.45) is 0 Å². The molecule has 0 unspecified atom stereocenters. The van der Waals surface area contributed by atoms with Gasteiger partial charge in [-0.2, -0.15) is 0 Å². The topological polar surface area (TPSA) is 28.3 Å². The number of nitrogens with one attached hydrogen (secondary N) is 2. The van der Waals surface area contributed by atoms with Crippen LogP contribution in [0.2, 0.25) is 0 Å². The average Bonchev–Trinajstić information content (AvgIpc) is 2.24. The van der Waals surface area contributed by atoms with E-state index in [9.17, 15) is 0 Å². The summed E-state index contributed by atoms with van der Waals surface area (Å²) in [6, 6.07) is 11.7. The Morgan fingerprint density at radius 3 is 0.917 bits per heavy atom. The fourth-order valence-corrected chi connectivity index (χ4v) is 0.684. The molecule has 64 valence electrons. The molecule has 0 bridgehead atoms. The molecule has 2 rings (SSSR count). The maximum atomic E-state index is 2.89. The lowest BCUT2D eigenvalue weighted by Crippen LogP contribution is -1.93. The van der Waals surface area contributed by atoms with Crippen molar-refractivity contribution in [3.05, 3.63) is 61.2 Å². The zero-order valence-electron chi connectivity index (χ0n) is 8.77. The van der Waals surface area contributed by atoms with Crippen molar-refractivity contribution in [2.75, 3.05) is 0 Å².